The van der Waals surface area contributed by atoms with Crippen LogP contribution in [0.1, 0.15) is 36.5 Å². The summed E-state index contributed by atoms with van der Waals surface area (Å²) in [6.07, 6.45) is 1.42. The summed E-state index contributed by atoms with van der Waals surface area (Å²) in [5.41, 5.74) is 0.491. The summed E-state index contributed by atoms with van der Waals surface area (Å²) < 4.78 is 32.5. The van der Waals surface area contributed by atoms with Gasteiger partial charge in [-0.05, 0) is 62.2 Å². The van der Waals surface area contributed by atoms with Crippen molar-refractivity contribution in [2.24, 2.45) is 0 Å². The van der Waals surface area contributed by atoms with Gasteiger partial charge < -0.3 is 10.1 Å². The summed E-state index contributed by atoms with van der Waals surface area (Å²) in [6, 6.07) is 10.4. The number of carbonyl (C=O) groups excluding carboxylic acids is 2. The molecule has 10 heteroatoms. The molecule has 1 amide bonds. The molecular weight excluding hydrogens is 463 g/mol. The van der Waals surface area contributed by atoms with Gasteiger partial charge in [-0.2, -0.15) is 4.31 Å². The quantitative estimate of drug-likeness (QED) is 0.615. The predicted octanol–water partition coefficient (Wildman–Crippen LogP) is 4.35. The van der Waals surface area contributed by atoms with Crippen LogP contribution in [-0.2, 0) is 19.6 Å². The number of sulfonamides is 1. The molecule has 2 aromatic carbocycles. The van der Waals surface area contributed by atoms with Crippen LogP contribution >= 0.6 is 23.2 Å². The Labute approximate surface area is 191 Å². The molecule has 0 aromatic heterocycles. The lowest BCUT2D eigenvalue weighted by Gasteiger charge is -2.26. The summed E-state index contributed by atoms with van der Waals surface area (Å²) >= 11 is 11.9. The number of hydrogen-bond donors (Lipinski definition) is 1. The van der Waals surface area contributed by atoms with E-state index in [1.54, 1.807) is 24.3 Å². The third-order valence-electron chi connectivity index (χ3n) is 4.86. The molecule has 1 saturated heterocycles. The van der Waals surface area contributed by atoms with Gasteiger partial charge in [-0.1, -0.05) is 29.6 Å². The van der Waals surface area contributed by atoms with Crippen molar-refractivity contribution in [2.45, 2.75) is 37.2 Å². The third kappa shape index (κ3) is 5.77. The molecule has 0 aliphatic carbocycles. The normalized spacial score (nSPS) is 15.8. The summed E-state index contributed by atoms with van der Waals surface area (Å²) in [5.74, 6) is -1.36. The number of anilines is 1. The molecule has 1 aliphatic rings. The lowest BCUT2D eigenvalue weighted by Crippen LogP contribution is -2.36. The number of piperidine rings is 1. The van der Waals surface area contributed by atoms with E-state index in [1.807, 2.05) is 0 Å². The van der Waals surface area contributed by atoms with Crippen LogP contribution in [0.4, 0.5) is 5.69 Å². The number of ether oxygens (including phenoxy) is 1. The summed E-state index contributed by atoms with van der Waals surface area (Å²) in [6.45, 7) is 2.24. The Morgan fingerprint density at radius 3 is 2.32 bits per heavy atom. The fourth-order valence-electron chi connectivity index (χ4n) is 3.13. The Balaban J connectivity index is 1.72. The van der Waals surface area contributed by atoms with Gasteiger partial charge in [0.1, 0.15) is 4.90 Å². The van der Waals surface area contributed by atoms with E-state index in [1.165, 1.54) is 29.4 Å². The number of halogens is 2. The Morgan fingerprint density at radius 2 is 1.68 bits per heavy atom. The number of hydrogen-bond acceptors (Lipinski definition) is 5. The number of carbonyl (C=O) groups is 2. The Morgan fingerprint density at radius 1 is 1.03 bits per heavy atom. The summed E-state index contributed by atoms with van der Waals surface area (Å²) in [7, 11) is -3.83. The first kappa shape index (κ1) is 23.5. The minimum atomic E-state index is -3.83. The zero-order valence-corrected chi connectivity index (χ0v) is 19.1. The van der Waals surface area contributed by atoms with E-state index in [4.69, 9.17) is 27.9 Å². The van der Waals surface area contributed by atoms with Gasteiger partial charge in [0.2, 0.25) is 10.0 Å². The molecule has 7 nitrogen and oxygen atoms in total. The van der Waals surface area contributed by atoms with Gasteiger partial charge in [-0.25, -0.2) is 13.2 Å². The van der Waals surface area contributed by atoms with Gasteiger partial charge in [-0.15, -0.1) is 0 Å². The van der Waals surface area contributed by atoms with Gasteiger partial charge in [0.15, 0.2) is 6.10 Å². The van der Waals surface area contributed by atoms with Crippen molar-refractivity contribution in [1.29, 1.82) is 0 Å². The van der Waals surface area contributed by atoms with E-state index in [9.17, 15) is 18.0 Å². The van der Waals surface area contributed by atoms with Gasteiger partial charge in [-0.3, -0.25) is 4.79 Å². The highest BCUT2D eigenvalue weighted by Gasteiger charge is 2.29. The molecule has 1 aliphatic heterocycles. The molecule has 1 fully saturated rings. The molecule has 166 valence electrons. The van der Waals surface area contributed by atoms with Crippen molar-refractivity contribution in [3.05, 3.63) is 58.1 Å². The maximum absolute atomic E-state index is 13.0. The average Bonchev–Trinajstić information content (AvgIpc) is 2.76. The highest BCUT2D eigenvalue weighted by atomic mass is 35.5. The predicted molar refractivity (Wildman–Crippen MR) is 119 cm³/mol. The maximum Gasteiger partial charge on any atom is 0.338 e. The fraction of sp³-hybridized carbons (Fsp3) is 0.333. The van der Waals surface area contributed by atoms with Gasteiger partial charge in [0.05, 0.1) is 10.6 Å². The second-order valence-electron chi connectivity index (χ2n) is 7.15. The highest BCUT2D eigenvalue weighted by Crippen LogP contribution is 2.28. The lowest BCUT2D eigenvalue weighted by molar-refractivity contribution is -0.123. The molecule has 2 aromatic rings. The first-order chi connectivity index (χ1) is 14.7. The monoisotopic (exact) mass is 484 g/mol. The number of esters is 1. The van der Waals surface area contributed by atoms with Gasteiger partial charge >= 0.3 is 5.97 Å². The maximum atomic E-state index is 13.0. The van der Waals surface area contributed by atoms with Crippen molar-refractivity contribution in [2.75, 3.05) is 18.4 Å². The number of nitrogens with zero attached hydrogens (tertiary/aromatic N) is 1. The standard InChI is InChI=1S/C21H22Cl2N2O5S/c1-14(20(26)24-17-8-6-16(22)7-9-17)30-21(27)15-5-10-18(23)19(13-15)31(28,29)25-11-3-2-4-12-25/h5-10,13-14H,2-4,11-12H2,1H3,(H,24,26). The van der Waals surface area contributed by atoms with Crippen LogP contribution in [-0.4, -0.2) is 43.8 Å². The Hall–Kier alpha value is -2.13. The highest BCUT2D eigenvalue weighted by molar-refractivity contribution is 7.89. The first-order valence-corrected chi connectivity index (χ1v) is 11.9. The molecule has 0 radical (unpaired) electrons. The summed E-state index contributed by atoms with van der Waals surface area (Å²) in [5, 5.41) is 3.16. The Bertz CT molecular complexity index is 1070. The summed E-state index contributed by atoms with van der Waals surface area (Å²) in [4.78, 5) is 24.7. The minimum Gasteiger partial charge on any atom is -0.449 e. The van der Waals surface area contributed by atoms with E-state index in [2.05, 4.69) is 5.32 Å². The van der Waals surface area contributed by atoms with Crippen LogP contribution in [0.3, 0.4) is 0 Å². The van der Waals surface area contributed by atoms with E-state index < -0.39 is 28.0 Å². The van der Waals surface area contributed by atoms with E-state index in [-0.39, 0.29) is 15.5 Å². The molecule has 0 saturated carbocycles. The minimum absolute atomic E-state index is 0.00822. The molecule has 0 spiro atoms. The van der Waals surface area contributed by atoms with Crippen molar-refractivity contribution in [1.82, 2.24) is 4.31 Å². The van der Waals surface area contributed by atoms with Crippen molar-refractivity contribution in [3.8, 4) is 0 Å². The van der Waals surface area contributed by atoms with Crippen molar-refractivity contribution >= 4 is 50.8 Å². The molecule has 1 atom stereocenters. The van der Waals surface area contributed by atoms with Crippen LogP contribution in [0.5, 0.6) is 0 Å². The smallest absolute Gasteiger partial charge is 0.338 e. The number of nitrogens with one attached hydrogen (secondary N) is 1. The van der Waals surface area contributed by atoms with Crippen LogP contribution < -0.4 is 5.32 Å². The second kappa shape index (κ2) is 9.99. The topological polar surface area (TPSA) is 92.8 Å². The van der Waals surface area contributed by atoms with E-state index >= 15 is 0 Å². The molecule has 1 N–H and O–H groups in total. The van der Waals surface area contributed by atoms with Gasteiger partial charge in [0, 0.05) is 23.8 Å². The number of amides is 1. The fourth-order valence-corrected chi connectivity index (χ4v) is 5.28. The van der Waals surface area contributed by atoms with E-state index in [0.29, 0.717) is 23.8 Å². The van der Waals surface area contributed by atoms with Crippen molar-refractivity contribution in [3.63, 3.8) is 0 Å². The third-order valence-corrected chi connectivity index (χ3v) is 7.50. The molecule has 31 heavy (non-hydrogen) atoms. The largest absolute Gasteiger partial charge is 0.449 e. The van der Waals surface area contributed by atoms with Crippen LogP contribution in [0.15, 0.2) is 47.4 Å². The molecular formula is C21H22Cl2N2O5S. The SMILES string of the molecule is CC(OC(=O)c1ccc(Cl)c(S(=O)(=O)N2CCCCC2)c1)C(=O)Nc1ccc(Cl)cc1. The van der Waals surface area contributed by atoms with Crippen LogP contribution in [0.25, 0.3) is 0 Å². The molecule has 0 bridgehead atoms. The van der Waals surface area contributed by atoms with Crippen LogP contribution in [0.2, 0.25) is 10.0 Å². The zero-order chi connectivity index (χ0) is 22.6. The lowest BCUT2D eigenvalue weighted by atomic mass is 10.2. The molecule has 1 heterocycles. The number of benzene rings is 2. The zero-order valence-electron chi connectivity index (χ0n) is 16.8. The average molecular weight is 485 g/mol. The Kier molecular flexibility index (Phi) is 7.59. The van der Waals surface area contributed by atoms with Gasteiger partial charge in [0.25, 0.3) is 5.91 Å². The second-order valence-corrected chi connectivity index (χ2v) is 9.90. The molecule has 3 rings (SSSR count). The van der Waals surface area contributed by atoms with Crippen LogP contribution in [0, 0.1) is 0 Å². The van der Waals surface area contributed by atoms with Crippen molar-refractivity contribution < 1.29 is 22.7 Å². The first-order valence-electron chi connectivity index (χ1n) is 9.75. The van der Waals surface area contributed by atoms with E-state index in [0.717, 1.165) is 19.3 Å². The number of rotatable bonds is 6. The molecule has 1 unspecified atom stereocenters.